The highest BCUT2D eigenvalue weighted by Gasteiger charge is 2.43. The Morgan fingerprint density at radius 3 is 2.21 bits per heavy atom. The Labute approximate surface area is 111 Å². The smallest absolute Gasteiger partial charge is 0.113 e. The third-order valence-corrected chi connectivity index (χ3v) is 3.30. The molecule has 1 aliphatic heterocycles. The number of hydrogen-bond donors (Lipinski definition) is 4. The van der Waals surface area contributed by atoms with Crippen molar-refractivity contribution in [2.24, 2.45) is 0 Å². The Morgan fingerprint density at radius 1 is 1.05 bits per heavy atom. The van der Waals surface area contributed by atoms with Crippen LogP contribution in [0.25, 0.3) is 0 Å². The molecule has 0 aromatic heterocycles. The first-order chi connectivity index (χ1) is 9.08. The molecule has 1 aliphatic rings. The van der Waals surface area contributed by atoms with Crippen LogP contribution in [0.1, 0.15) is 17.2 Å². The Bertz CT molecular complexity index is 462. The van der Waals surface area contributed by atoms with E-state index < -0.39 is 37.1 Å². The zero-order valence-electron chi connectivity index (χ0n) is 10.2. The van der Waals surface area contributed by atoms with Crippen molar-refractivity contribution in [3.8, 4) is 12.3 Å². The second-order valence-electron chi connectivity index (χ2n) is 4.52. The Kier molecular flexibility index (Phi) is 4.20. The summed E-state index contributed by atoms with van der Waals surface area (Å²) >= 11 is 0. The van der Waals surface area contributed by atoms with Crippen molar-refractivity contribution < 1.29 is 25.2 Å². The largest absolute Gasteiger partial charge is 0.394 e. The molecular formula is C14H16O5. The highest BCUT2D eigenvalue weighted by Crippen LogP contribution is 2.32. The second kappa shape index (κ2) is 5.70. The molecule has 4 N–H and O–H groups in total. The van der Waals surface area contributed by atoms with Crippen LogP contribution in [-0.4, -0.2) is 51.4 Å². The molecule has 0 saturated carbocycles. The summed E-state index contributed by atoms with van der Waals surface area (Å²) in [6.07, 6.45) is -0.458. The summed E-state index contributed by atoms with van der Waals surface area (Å²) in [7, 11) is 0. The quantitative estimate of drug-likeness (QED) is 0.524. The van der Waals surface area contributed by atoms with Crippen molar-refractivity contribution in [1.82, 2.24) is 0 Å². The maximum Gasteiger partial charge on any atom is 0.113 e. The zero-order valence-corrected chi connectivity index (χ0v) is 10.2. The van der Waals surface area contributed by atoms with E-state index in [1.165, 1.54) is 0 Å². The lowest BCUT2D eigenvalue weighted by Gasteiger charge is -2.40. The summed E-state index contributed by atoms with van der Waals surface area (Å²) < 4.78 is 5.43. The first-order valence-corrected chi connectivity index (χ1v) is 5.95. The van der Waals surface area contributed by atoms with Crippen LogP contribution in [0.4, 0.5) is 0 Å². The number of ether oxygens (including phenoxy) is 1. The molecule has 102 valence electrons. The summed E-state index contributed by atoms with van der Waals surface area (Å²) in [4.78, 5) is 0. The maximum absolute atomic E-state index is 9.94. The molecule has 19 heavy (non-hydrogen) atoms. The van der Waals surface area contributed by atoms with E-state index in [9.17, 15) is 15.3 Å². The molecule has 5 nitrogen and oxygen atoms in total. The fraction of sp³-hybridized carbons (Fsp3) is 0.429. The lowest BCUT2D eigenvalue weighted by atomic mass is 9.91. The topological polar surface area (TPSA) is 90.2 Å². The summed E-state index contributed by atoms with van der Waals surface area (Å²) in [5.74, 6) is 2.47. The zero-order chi connectivity index (χ0) is 14.0. The number of benzene rings is 1. The van der Waals surface area contributed by atoms with Crippen molar-refractivity contribution in [2.45, 2.75) is 30.5 Å². The van der Waals surface area contributed by atoms with Crippen LogP contribution < -0.4 is 0 Å². The monoisotopic (exact) mass is 264 g/mol. The van der Waals surface area contributed by atoms with Crippen LogP contribution in [0.5, 0.6) is 0 Å². The first-order valence-electron chi connectivity index (χ1n) is 5.95. The molecule has 1 aromatic carbocycles. The normalized spacial score (nSPS) is 34.8. The van der Waals surface area contributed by atoms with E-state index in [0.29, 0.717) is 11.1 Å². The third kappa shape index (κ3) is 2.63. The van der Waals surface area contributed by atoms with E-state index >= 15 is 0 Å². The molecule has 1 aromatic rings. The summed E-state index contributed by atoms with van der Waals surface area (Å²) in [5, 5.41) is 38.4. The van der Waals surface area contributed by atoms with Crippen LogP contribution in [0.2, 0.25) is 0 Å². The lowest BCUT2D eigenvalue weighted by molar-refractivity contribution is -0.231. The van der Waals surface area contributed by atoms with E-state index in [2.05, 4.69) is 5.92 Å². The maximum atomic E-state index is 9.94. The van der Waals surface area contributed by atoms with Crippen molar-refractivity contribution in [1.29, 1.82) is 0 Å². The number of hydrogen-bond acceptors (Lipinski definition) is 5. The molecular weight excluding hydrogens is 248 g/mol. The third-order valence-electron chi connectivity index (χ3n) is 3.30. The highest BCUT2D eigenvalue weighted by atomic mass is 16.5. The van der Waals surface area contributed by atoms with Gasteiger partial charge in [0.2, 0.25) is 0 Å². The molecule has 2 rings (SSSR count). The van der Waals surface area contributed by atoms with Crippen LogP contribution in [0, 0.1) is 12.3 Å². The van der Waals surface area contributed by atoms with E-state index in [0.717, 1.165) is 0 Å². The van der Waals surface area contributed by atoms with Gasteiger partial charge < -0.3 is 25.2 Å². The van der Waals surface area contributed by atoms with Crippen LogP contribution >= 0.6 is 0 Å². The fourth-order valence-electron chi connectivity index (χ4n) is 2.15. The lowest BCUT2D eigenvalue weighted by Crippen LogP contribution is -2.55. The van der Waals surface area contributed by atoms with Crippen molar-refractivity contribution in [2.75, 3.05) is 6.61 Å². The minimum atomic E-state index is -1.37. The Morgan fingerprint density at radius 2 is 1.68 bits per heavy atom. The van der Waals surface area contributed by atoms with E-state index in [4.69, 9.17) is 16.3 Å². The molecule has 0 radical (unpaired) electrons. The molecule has 0 spiro atoms. The minimum absolute atomic E-state index is 0.441. The first kappa shape index (κ1) is 14.0. The number of aliphatic hydroxyl groups excluding tert-OH is 4. The van der Waals surface area contributed by atoms with Gasteiger partial charge in [0.25, 0.3) is 0 Å². The van der Waals surface area contributed by atoms with E-state index in [-0.39, 0.29) is 0 Å². The minimum Gasteiger partial charge on any atom is -0.394 e. The molecule has 1 saturated heterocycles. The van der Waals surface area contributed by atoms with Gasteiger partial charge in [-0.2, -0.15) is 0 Å². The Hall–Kier alpha value is -1.42. The molecule has 0 aliphatic carbocycles. The summed E-state index contributed by atoms with van der Waals surface area (Å²) in [6, 6.07) is 6.75. The predicted octanol–water partition coefficient (Wildman–Crippen LogP) is -0.817. The number of rotatable bonds is 2. The number of terminal acetylenes is 1. The van der Waals surface area contributed by atoms with Crippen LogP contribution in [0.3, 0.4) is 0 Å². The molecule has 5 unspecified atom stereocenters. The van der Waals surface area contributed by atoms with Gasteiger partial charge in [0, 0.05) is 5.56 Å². The second-order valence-corrected chi connectivity index (χ2v) is 4.52. The summed E-state index contributed by atoms with van der Waals surface area (Å²) in [5.41, 5.74) is 1.31. The molecule has 0 amide bonds. The summed E-state index contributed by atoms with van der Waals surface area (Å²) in [6.45, 7) is -0.441. The van der Waals surface area contributed by atoms with Crippen LogP contribution in [-0.2, 0) is 4.74 Å². The van der Waals surface area contributed by atoms with Crippen molar-refractivity contribution in [3.63, 3.8) is 0 Å². The van der Waals surface area contributed by atoms with E-state index in [1.807, 2.05) is 0 Å². The van der Waals surface area contributed by atoms with Crippen molar-refractivity contribution in [3.05, 3.63) is 35.4 Å². The molecule has 1 fully saturated rings. The van der Waals surface area contributed by atoms with Gasteiger partial charge in [-0.1, -0.05) is 18.1 Å². The highest BCUT2D eigenvalue weighted by molar-refractivity contribution is 5.35. The van der Waals surface area contributed by atoms with Gasteiger partial charge in [0.15, 0.2) is 0 Å². The standard InChI is InChI=1S/C14H16O5/c1-2-8-3-5-9(6-4-8)14-13(18)12(17)11(16)10(7-15)19-14/h1,3-6,10-18H,7H2. The fourth-order valence-corrected chi connectivity index (χ4v) is 2.15. The SMILES string of the molecule is C#Cc1ccc(C2OC(CO)C(O)C(O)C2O)cc1. The van der Waals surface area contributed by atoms with Gasteiger partial charge in [-0.3, -0.25) is 0 Å². The molecule has 5 atom stereocenters. The van der Waals surface area contributed by atoms with Gasteiger partial charge in [-0.25, -0.2) is 0 Å². The van der Waals surface area contributed by atoms with E-state index in [1.54, 1.807) is 24.3 Å². The average Bonchev–Trinajstić information content (AvgIpc) is 2.45. The van der Waals surface area contributed by atoms with Gasteiger partial charge >= 0.3 is 0 Å². The van der Waals surface area contributed by atoms with Gasteiger partial charge in [0.1, 0.15) is 30.5 Å². The average molecular weight is 264 g/mol. The van der Waals surface area contributed by atoms with Crippen molar-refractivity contribution >= 4 is 0 Å². The Balaban J connectivity index is 2.24. The van der Waals surface area contributed by atoms with Gasteiger partial charge in [0.05, 0.1) is 6.61 Å². The molecule has 1 heterocycles. The number of aliphatic hydroxyl groups is 4. The van der Waals surface area contributed by atoms with Gasteiger partial charge in [-0.05, 0) is 17.7 Å². The van der Waals surface area contributed by atoms with Gasteiger partial charge in [-0.15, -0.1) is 6.42 Å². The molecule has 5 heteroatoms. The van der Waals surface area contributed by atoms with Crippen LogP contribution in [0.15, 0.2) is 24.3 Å². The predicted molar refractivity (Wildman–Crippen MR) is 67.1 cm³/mol. The molecule has 0 bridgehead atoms.